The van der Waals surface area contributed by atoms with Crippen LogP contribution in [0.3, 0.4) is 0 Å². The number of fused-ring (bicyclic) bond motifs is 1. The molecule has 1 fully saturated rings. The molecule has 11 nitrogen and oxygen atoms in total. The fraction of sp³-hybridized carbons (Fsp3) is 0.278. The molecule has 30 heavy (non-hydrogen) atoms. The summed E-state index contributed by atoms with van der Waals surface area (Å²) in [5, 5.41) is 19.7. The van der Waals surface area contributed by atoms with Gasteiger partial charge in [0.1, 0.15) is 5.52 Å². The van der Waals surface area contributed by atoms with Crippen LogP contribution in [0.15, 0.2) is 58.2 Å². The number of para-hydroxylation sites is 1. The van der Waals surface area contributed by atoms with E-state index in [1.54, 1.807) is 24.3 Å². The van der Waals surface area contributed by atoms with Crippen LogP contribution in [0.25, 0.3) is 10.9 Å². The predicted molar refractivity (Wildman–Crippen MR) is 107 cm³/mol. The van der Waals surface area contributed by atoms with E-state index in [0.29, 0.717) is 24.0 Å². The fourth-order valence-corrected chi connectivity index (χ4v) is 4.96. The topological polar surface area (TPSA) is 132 Å². The molecule has 4 rings (SSSR count). The van der Waals surface area contributed by atoms with E-state index in [9.17, 15) is 23.3 Å². The number of rotatable bonds is 5. The van der Waals surface area contributed by atoms with Crippen LogP contribution < -0.4 is 5.56 Å². The Labute approximate surface area is 171 Å². The number of hydrogen-bond acceptors (Lipinski definition) is 8. The largest absolute Gasteiger partial charge is 0.289 e. The molecule has 1 aliphatic rings. The van der Waals surface area contributed by atoms with Crippen molar-refractivity contribution < 1.29 is 13.3 Å². The lowest BCUT2D eigenvalue weighted by atomic mass is 10.2. The second-order valence-electron chi connectivity index (χ2n) is 6.80. The van der Waals surface area contributed by atoms with Gasteiger partial charge in [-0.05, 0) is 18.2 Å². The van der Waals surface area contributed by atoms with Crippen LogP contribution in [0.5, 0.6) is 0 Å². The highest BCUT2D eigenvalue weighted by atomic mass is 32.2. The van der Waals surface area contributed by atoms with Crippen LogP contribution in [0, 0.1) is 10.1 Å². The molecule has 0 radical (unpaired) electrons. The summed E-state index contributed by atoms with van der Waals surface area (Å²) in [6, 6.07) is 12.2. The second kappa shape index (κ2) is 7.89. The Kier molecular flexibility index (Phi) is 5.28. The normalized spacial score (nSPS) is 16.0. The zero-order chi connectivity index (χ0) is 21.3. The highest BCUT2D eigenvalue weighted by Gasteiger charge is 2.33. The van der Waals surface area contributed by atoms with Crippen molar-refractivity contribution in [1.29, 1.82) is 0 Å². The van der Waals surface area contributed by atoms with Gasteiger partial charge in [0.15, 0.2) is 4.90 Å². The molecule has 2 heterocycles. The first-order chi connectivity index (χ1) is 14.4. The SMILES string of the molecule is O=c1c2ccccc2nnn1CN1CCN(S(=O)(=O)c2ccccc2[N+](=O)[O-])CC1. The second-order valence-corrected chi connectivity index (χ2v) is 8.71. The van der Waals surface area contributed by atoms with Crippen molar-refractivity contribution >= 4 is 26.6 Å². The summed E-state index contributed by atoms with van der Waals surface area (Å²) < 4.78 is 28.3. The van der Waals surface area contributed by atoms with Crippen molar-refractivity contribution in [2.75, 3.05) is 26.2 Å². The van der Waals surface area contributed by atoms with Crippen molar-refractivity contribution in [3.8, 4) is 0 Å². The van der Waals surface area contributed by atoms with Crippen LogP contribution >= 0.6 is 0 Å². The lowest BCUT2D eigenvalue weighted by Gasteiger charge is -2.33. The van der Waals surface area contributed by atoms with E-state index in [4.69, 9.17) is 0 Å². The summed E-state index contributed by atoms with van der Waals surface area (Å²) in [4.78, 5) is 24.6. The third-order valence-corrected chi connectivity index (χ3v) is 6.92. The summed E-state index contributed by atoms with van der Waals surface area (Å²) in [6.07, 6.45) is 0. The van der Waals surface area contributed by atoms with Gasteiger partial charge in [-0.1, -0.05) is 29.5 Å². The molecule has 0 unspecified atom stereocenters. The fourth-order valence-electron chi connectivity index (χ4n) is 3.38. The average Bonchev–Trinajstić information content (AvgIpc) is 2.76. The van der Waals surface area contributed by atoms with E-state index < -0.39 is 20.6 Å². The zero-order valence-corrected chi connectivity index (χ0v) is 16.6. The first-order valence-corrected chi connectivity index (χ1v) is 10.6. The number of piperazine rings is 1. The molecule has 1 aliphatic heterocycles. The van der Waals surface area contributed by atoms with Crippen LogP contribution in [0.2, 0.25) is 0 Å². The molecule has 156 valence electrons. The van der Waals surface area contributed by atoms with Crippen LogP contribution in [0.1, 0.15) is 0 Å². The summed E-state index contributed by atoms with van der Waals surface area (Å²) in [7, 11) is -4.00. The van der Waals surface area contributed by atoms with Gasteiger partial charge in [0, 0.05) is 32.2 Å². The van der Waals surface area contributed by atoms with Crippen molar-refractivity contribution in [3.05, 3.63) is 69.0 Å². The van der Waals surface area contributed by atoms with Crippen molar-refractivity contribution in [3.63, 3.8) is 0 Å². The molecule has 0 amide bonds. The Bertz CT molecular complexity index is 1270. The standard InChI is InChI=1S/C18H18N6O5S/c25-18-14-5-1-2-6-15(14)19-20-23(18)13-21-9-11-22(12-10-21)30(28,29)17-8-4-3-7-16(17)24(26)27/h1-8H,9-13H2. The van der Waals surface area contributed by atoms with E-state index in [1.807, 2.05) is 4.90 Å². The van der Waals surface area contributed by atoms with Crippen molar-refractivity contribution in [2.24, 2.45) is 0 Å². The highest BCUT2D eigenvalue weighted by molar-refractivity contribution is 7.89. The minimum Gasteiger partial charge on any atom is -0.282 e. The molecular weight excluding hydrogens is 412 g/mol. The monoisotopic (exact) mass is 430 g/mol. The van der Waals surface area contributed by atoms with E-state index in [0.717, 1.165) is 0 Å². The highest BCUT2D eigenvalue weighted by Crippen LogP contribution is 2.26. The first kappa shape index (κ1) is 20.1. The van der Waals surface area contributed by atoms with Gasteiger partial charge in [-0.2, -0.15) is 8.99 Å². The van der Waals surface area contributed by atoms with Crippen LogP contribution in [0.4, 0.5) is 5.69 Å². The minimum absolute atomic E-state index is 0.143. The van der Waals surface area contributed by atoms with Gasteiger partial charge in [-0.25, -0.2) is 8.42 Å². The molecule has 1 saturated heterocycles. The van der Waals surface area contributed by atoms with Crippen molar-refractivity contribution in [2.45, 2.75) is 11.6 Å². The number of nitro benzene ring substituents is 1. The Hall–Kier alpha value is -3.22. The van der Waals surface area contributed by atoms with Crippen molar-refractivity contribution in [1.82, 2.24) is 24.2 Å². The number of sulfonamides is 1. The molecule has 12 heteroatoms. The number of nitro groups is 1. The molecular formula is C18H18N6O5S. The molecule has 0 bridgehead atoms. The lowest BCUT2D eigenvalue weighted by Crippen LogP contribution is -2.50. The Morgan fingerprint density at radius 3 is 2.40 bits per heavy atom. The molecule has 1 aromatic heterocycles. The predicted octanol–water partition coefficient (Wildman–Crippen LogP) is 0.664. The number of benzene rings is 2. The van der Waals surface area contributed by atoms with Gasteiger partial charge in [0.05, 0.1) is 17.0 Å². The van der Waals surface area contributed by atoms with Gasteiger partial charge >= 0.3 is 0 Å². The molecule has 2 aromatic carbocycles. The Morgan fingerprint density at radius 1 is 1.00 bits per heavy atom. The van der Waals surface area contributed by atoms with E-state index >= 15 is 0 Å². The summed E-state index contributed by atoms with van der Waals surface area (Å²) >= 11 is 0. The third-order valence-electron chi connectivity index (χ3n) is 4.97. The Balaban J connectivity index is 1.49. The third kappa shape index (κ3) is 3.67. The molecule has 0 saturated carbocycles. The van der Waals surface area contributed by atoms with Crippen LogP contribution in [-0.2, 0) is 16.7 Å². The number of hydrogen-bond donors (Lipinski definition) is 0. The first-order valence-electron chi connectivity index (χ1n) is 9.16. The van der Waals surface area contributed by atoms with Crippen LogP contribution in [-0.4, -0.2) is 63.7 Å². The summed E-state index contributed by atoms with van der Waals surface area (Å²) in [5.74, 6) is 0. The molecule has 0 aliphatic carbocycles. The number of aromatic nitrogens is 3. The quantitative estimate of drug-likeness (QED) is 0.426. The smallest absolute Gasteiger partial charge is 0.282 e. The molecule has 0 atom stereocenters. The van der Waals surface area contributed by atoms with Gasteiger partial charge in [-0.3, -0.25) is 19.8 Å². The maximum atomic E-state index is 12.9. The maximum Gasteiger partial charge on any atom is 0.289 e. The van der Waals surface area contributed by atoms with E-state index in [1.165, 1.54) is 33.3 Å². The Morgan fingerprint density at radius 2 is 1.67 bits per heavy atom. The molecule has 3 aromatic rings. The van der Waals surface area contributed by atoms with Gasteiger partial charge < -0.3 is 0 Å². The number of nitrogens with zero attached hydrogens (tertiary/aromatic N) is 6. The van der Waals surface area contributed by atoms with Gasteiger partial charge in [-0.15, -0.1) is 5.10 Å². The molecule has 0 spiro atoms. The molecule has 0 N–H and O–H groups in total. The van der Waals surface area contributed by atoms with E-state index in [2.05, 4.69) is 10.3 Å². The van der Waals surface area contributed by atoms with Gasteiger partial charge in [0.2, 0.25) is 10.0 Å². The summed E-state index contributed by atoms with van der Waals surface area (Å²) in [5.41, 5.74) is -0.201. The zero-order valence-electron chi connectivity index (χ0n) is 15.8. The minimum atomic E-state index is -4.00. The van der Waals surface area contributed by atoms with Gasteiger partial charge in [0.25, 0.3) is 11.2 Å². The summed E-state index contributed by atoms with van der Waals surface area (Å²) in [6.45, 7) is 1.16. The average molecular weight is 430 g/mol. The lowest BCUT2D eigenvalue weighted by molar-refractivity contribution is -0.387. The maximum absolute atomic E-state index is 12.9. The van der Waals surface area contributed by atoms with E-state index in [-0.39, 0.29) is 30.2 Å².